The lowest BCUT2D eigenvalue weighted by molar-refractivity contribution is -0.136. The van der Waals surface area contributed by atoms with E-state index in [1.807, 2.05) is 0 Å². The van der Waals surface area contributed by atoms with E-state index in [4.69, 9.17) is 9.60 Å². The van der Waals surface area contributed by atoms with E-state index in [0.29, 0.717) is 17.4 Å². The third kappa shape index (κ3) is 3.03. The number of aliphatic carboxylic acids is 1. The highest BCUT2D eigenvalue weighted by Crippen LogP contribution is 2.37. The summed E-state index contributed by atoms with van der Waals surface area (Å²) in [5.41, 5.74) is 1.99. The molecule has 0 saturated carbocycles. The Hall–Kier alpha value is -2.95. The number of rotatable bonds is 5. The second kappa shape index (κ2) is 6.65. The smallest absolute Gasteiger partial charge is 0.303 e. The summed E-state index contributed by atoms with van der Waals surface area (Å²) in [6.45, 7) is -6.23. The largest absolute Gasteiger partial charge is 0.481 e. The Morgan fingerprint density at radius 3 is 2.85 bits per heavy atom. The van der Waals surface area contributed by atoms with Gasteiger partial charge in [0, 0.05) is 39.0 Å². The van der Waals surface area contributed by atoms with Crippen LogP contribution in [-0.2, 0) is 17.8 Å². The van der Waals surface area contributed by atoms with Gasteiger partial charge in [-0.1, -0.05) is 13.7 Å². The molecule has 1 aromatic heterocycles. The molecule has 0 saturated heterocycles. The third-order valence-corrected chi connectivity index (χ3v) is 4.74. The normalized spacial score (nSPS) is 18.0. The van der Waals surface area contributed by atoms with Crippen molar-refractivity contribution in [1.82, 2.24) is 4.57 Å². The van der Waals surface area contributed by atoms with Crippen molar-refractivity contribution in [3.8, 4) is 5.69 Å². The Morgan fingerprint density at radius 2 is 2.15 bits per heavy atom. The predicted molar refractivity (Wildman–Crippen MR) is 105 cm³/mol. The molecule has 0 aliphatic carbocycles. The summed E-state index contributed by atoms with van der Waals surface area (Å²) in [5.74, 6) is -4.80. The van der Waals surface area contributed by atoms with Gasteiger partial charge in [-0.05, 0) is 65.4 Å². The molecule has 0 atom stereocenters. The van der Waals surface area contributed by atoms with E-state index in [0.717, 1.165) is 23.3 Å². The van der Waals surface area contributed by atoms with E-state index in [2.05, 4.69) is 4.99 Å². The molecule has 0 fully saturated rings. The number of carbonyl (C=O) groups is 1. The molecule has 2 heterocycles. The van der Waals surface area contributed by atoms with Gasteiger partial charge in [-0.2, -0.15) is 0 Å². The number of aryl methyl sites for hydroxylation is 1. The van der Waals surface area contributed by atoms with E-state index < -0.39 is 37.8 Å². The van der Waals surface area contributed by atoms with Crippen molar-refractivity contribution in [2.24, 2.45) is 4.99 Å². The van der Waals surface area contributed by atoms with Crippen LogP contribution < -0.4 is 0 Å². The number of benzene rings is 2. The van der Waals surface area contributed by atoms with Crippen LogP contribution in [0.3, 0.4) is 0 Å². The quantitative estimate of drug-likeness (QED) is 0.697. The minimum Gasteiger partial charge on any atom is -0.481 e. The molecule has 5 heteroatoms. The Bertz CT molecular complexity index is 1290. The molecule has 4 nitrogen and oxygen atoms in total. The van der Waals surface area contributed by atoms with Crippen LogP contribution in [0.4, 0.5) is 4.39 Å². The second-order valence-electron chi connectivity index (χ2n) is 6.45. The van der Waals surface area contributed by atoms with Gasteiger partial charge in [-0.25, -0.2) is 4.39 Å². The fraction of sp³-hybridized carbons (Fsp3) is 0.273. The maximum absolute atomic E-state index is 13.7. The highest BCUT2D eigenvalue weighted by Gasteiger charge is 2.23. The molecule has 2 aromatic carbocycles. The lowest BCUT2D eigenvalue weighted by Crippen LogP contribution is -2.06. The number of hydrogen-bond donors (Lipinski definition) is 1. The van der Waals surface area contributed by atoms with Gasteiger partial charge in [-0.3, -0.25) is 9.79 Å². The van der Waals surface area contributed by atoms with Gasteiger partial charge in [0.2, 0.25) is 0 Å². The molecular formula is C22H21FN2O2. The van der Waals surface area contributed by atoms with Crippen molar-refractivity contribution in [2.75, 3.05) is 0 Å². The zero-order chi connectivity index (χ0) is 25.1. The number of nitrogens with zero attached hydrogens (tertiary/aromatic N) is 2. The van der Waals surface area contributed by atoms with Gasteiger partial charge in [0.05, 0.1) is 12.1 Å². The highest BCUT2D eigenvalue weighted by molar-refractivity contribution is 5.96. The zero-order valence-electron chi connectivity index (χ0n) is 21.3. The fourth-order valence-electron chi connectivity index (χ4n) is 3.56. The van der Waals surface area contributed by atoms with Crippen molar-refractivity contribution in [3.63, 3.8) is 0 Å². The summed E-state index contributed by atoms with van der Waals surface area (Å²) >= 11 is 0. The van der Waals surface area contributed by atoms with Crippen molar-refractivity contribution in [3.05, 3.63) is 64.6 Å². The molecule has 3 aromatic rings. The summed E-state index contributed by atoms with van der Waals surface area (Å²) in [6.07, 6.45) is 1.04. The topological polar surface area (TPSA) is 54.6 Å². The highest BCUT2D eigenvalue weighted by atomic mass is 19.1. The molecule has 1 aliphatic rings. The lowest BCUT2D eigenvalue weighted by atomic mass is 9.97. The lowest BCUT2D eigenvalue weighted by Gasteiger charge is -2.15. The van der Waals surface area contributed by atoms with Crippen LogP contribution in [0.1, 0.15) is 58.0 Å². The molecule has 1 N–H and O–H groups in total. The summed E-state index contributed by atoms with van der Waals surface area (Å²) in [4.78, 5) is 15.7. The number of carboxylic acid groups (broad SMARTS) is 1. The average molecular weight is 371 g/mol. The molecule has 0 radical (unpaired) electrons. The first-order chi connectivity index (χ1) is 15.8. The van der Waals surface area contributed by atoms with E-state index in [1.54, 1.807) is 18.3 Å². The Kier molecular flexibility index (Phi) is 2.71. The molecule has 4 rings (SSSR count). The van der Waals surface area contributed by atoms with Crippen LogP contribution in [0, 0.1) is 5.82 Å². The number of aliphatic imine (C=N–C) groups is 1. The van der Waals surface area contributed by atoms with Crippen LogP contribution in [0.15, 0.2) is 41.4 Å². The van der Waals surface area contributed by atoms with E-state index in [9.17, 15) is 14.3 Å². The third-order valence-electron chi connectivity index (χ3n) is 4.74. The first-order valence-electron chi connectivity index (χ1n) is 11.9. The van der Waals surface area contributed by atoms with E-state index in [1.165, 1.54) is 16.7 Å². The predicted octanol–water partition coefficient (Wildman–Crippen LogP) is 4.84. The molecule has 0 spiro atoms. The number of fused-ring (bicyclic) bond motifs is 2. The second-order valence-corrected chi connectivity index (χ2v) is 6.45. The number of aromatic nitrogens is 1. The Balaban J connectivity index is 2.21. The van der Waals surface area contributed by atoms with Gasteiger partial charge in [0.1, 0.15) is 5.82 Å². The Labute approximate surface area is 166 Å². The maximum Gasteiger partial charge on any atom is 0.303 e. The molecule has 0 bridgehead atoms. The average Bonchev–Trinajstić information content (AvgIpc) is 3.30. The molecule has 27 heavy (non-hydrogen) atoms. The molecular weight excluding hydrogens is 343 g/mol. The van der Waals surface area contributed by atoms with E-state index >= 15 is 0 Å². The number of halogens is 1. The van der Waals surface area contributed by atoms with Gasteiger partial charge < -0.3 is 9.67 Å². The van der Waals surface area contributed by atoms with Gasteiger partial charge in [0.25, 0.3) is 0 Å². The maximum atomic E-state index is 13.7. The summed E-state index contributed by atoms with van der Waals surface area (Å²) in [6, 6.07) is 8.45. The van der Waals surface area contributed by atoms with Crippen molar-refractivity contribution in [2.45, 2.75) is 39.0 Å². The number of hydrogen-bond acceptors (Lipinski definition) is 2. The van der Waals surface area contributed by atoms with Crippen molar-refractivity contribution >= 4 is 23.1 Å². The molecule has 1 aliphatic heterocycles. The van der Waals surface area contributed by atoms with Crippen molar-refractivity contribution < 1.29 is 23.9 Å². The minimum atomic E-state index is -3.30. The monoisotopic (exact) mass is 371 g/mol. The molecule has 0 amide bonds. The molecule has 0 unspecified atom stereocenters. The van der Waals surface area contributed by atoms with Crippen LogP contribution in [-0.4, -0.2) is 21.9 Å². The van der Waals surface area contributed by atoms with Crippen LogP contribution in [0.2, 0.25) is 0 Å². The van der Waals surface area contributed by atoms with Crippen molar-refractivity contribution in [1.29, 1.82) is 0 Å². The first-order valence-corrected chi connectivity index (χ1v) is 8.44. The van der Waals surface area contributed by atoms with Gasteiger partial charge in [0.15, 0.2) is 0 Å². The summed E-state index contributed by atoms with van der Waals surface area (Å²) in [5, 5.41) is 9.77. The van der Waals surface area contributed by atoms with Crippen LogP contribution in [0.5, 0.6) is 0 Å². The van der Waals surface area contributed by atoms with Crippen LogP contribution in [0.25, 0.3) is 16.6 Å². The SMILES string of the molecule is [2H]C([2H])([2H])C([2H])(c1c(CCC(=O)O)c2cc3c(cc2n1-c1ccc(F)cc1)C=NC3)C([2H])([2H])[2H]. The van der Waals surface area contributed by atoms with Gasteiger partial charge >= 0.3 is 5.97 Å². The standard InChI is InChI=1S/C22H21FN2O2/c1-13(2)22-18(7-8-21(26)27)19-9-14-11-24-12-15(14)10-20(19)25(22)17-5-3-16(23)4-6-17/h3-6,9-10,12-13H,7-8,11H2,1-2H3,(H,26,27)/i1D3,2D3,13D. The zero-order valence-corrected chi connectivity index (χ0v) is 14.3. The summed E-state index contributed by atoms with van der Waals surface area (Å²) < 4.78 is 72.4. The Morgan fingerprint density at radius 1 is 1.37 bits per heavy atom. The number of carboxylic acids is 1. The minimum absolute atomic E-state index is 0.152. The first kappa shape index (κ1) is 11.0. The van der Waals surface area contributed by atoms with E-state index in [-0.39, 0.29) is 23.4 Å². The fourth-order valence-corrected chi connectivity index (χ4v) is 3.56. The summed E-state index contributed by atoms with van der Waals surface area (Å²) in [7, 11) is 0. The molecule has 138 valence electrons. The van der Waals surface area contributed by atoms with Gasteiger partial charge in [-0.15, -0.1) is 0 Å². The van der Waals surface area contributed by atoms with Crippen LogP contribution >= 0.6 is 0 Å².